The van der Waals surface area contributed by atoms with Crippen molar-refractivity contribution in [1.29, 1.82) is 0 Å². The van der Waals surface area contributed by atoms with E-state index in [1.807, 2.05) is 68.4 Å². The predicted octanol–water partition coefficient (Wildman–Crippen LogP) is 3.90. The molecule has 0 saturated heterocycles. The van der Waals surface area contributed by atoms with Crippen LogP contribution in [0.3, 0.4) is 0 Å². The lowest BCUT2D eigenvalue weighted by Gasteiger charge is -2.17. The van der Waals surface area contributed by atoms with Gasteiger partial charge in [0.15, 0.2) is 0 Å². The van der Waals surface area contributed by atoms with Gasteiger partial charge in [0, 0.05) is 0 Å². The predicted molar refractivity (Wildman–Crippen MR) is 90.2 cm³/mol. The zero-order valence-corrected chi connectivity index (χ0v) is 13.6. The topological polar surface area (TPSA) is 61.6 Å². The quantitative estimate of drug-likeness (QED) is 0.788. The Morgan fingerprint density at radius 2 is 1.78 bits per heavy atom. The Labute approximate surface area is 137 Å². The molecule has 0 fully saturated rings. The van der Waals surface area contributed by atoms with Gasteiger partial charge in [0.25, 0.3) is 0 Å². The molecule has 0 heterocycles. The molecule has 0 saturated carbocycles. The van der Waals surface area contributed by atoms with E-state index in [2.05, 4.69) is 0 Å². The van der Waals surface area contributed by atoms with E-state index in [1.54, 1.807) is 0 Å². The highest BCUT2D eigenvalue weighted by atomic mass is 16.5. The summed E-state index contributed by atoms with van der Waals surface area (Å²) in [5, 5.41) is 0. The minimum absolute atomic E-state index is 0.107. The molecule has 2 rings (SSSR count). The van der Waals surface area contributed by atoms with E-state index < -0.39 is 6.04 Å². The molecule has 4 heteroatoms. The Morgan fingerprint density at radius 1 is 1.09 bits per heavy atom. The first-order valence-corrected chi connectivity index (χ1v) is 7.84. The molecule has 0 amide bonds. The van der Waals surface area contributed by atoms with Crippen molar-refractivity contribution in [3.8, 4) is 11.5 Å². The highest BCUT2D eigenvalue weighted by molar-refractivity contribution is 5.75. The van der Waals surface area contributed by atoms with E-state index in [0.29, 0.717) is 5.75 Å². The summed E-state index contributed by atoms with van der Waals surface area (Å²) in [5.41, 5.74) is 6.73. The lowest BCUT2D eigenvalue weighted by molar-refractivity contribution is -0.147. The van der Waals surface area contributed by atoms with Crippen LogP contribution in [0.2, 0.25) is 0 Å². The average molecular weight is 313 g/mol. The summed E-state index contributed by atoms with van der Waals surface area (Å²) in [6, 6.07) is 16.4. The van der Waals surface area contributed by atoms with Gasteiger partial charge in [-0.3, -0.25) is 4.79 Å². The Morgan fingerprint density at radius 3 is 2.48 bits per heavy atom. The Bertz CT molecular complexity index is 628. The smallest absolute Gasteiger partial charge is 0.323 e. The van der Waals surface area contributed by atoms with E-state index in [4.69, 9.17) is 15.2 Å². The summed E-state index contributed by atoms with van der Waals surface area (Å²) in [5.74, 6) is 1.21. The lowest BCUT2D eigenvalue weighted by Crippen LogP contribution is -2.37. The maximum Gasteiger partial charge on any atom is 0.323 e. The summed E-state index contributed by atoms with van der Waals surface area (Å²) in [6.45, 7) is 4.14. The molecule has 23 heavy (non-hydrogen) atoms. The first-order valence-electron chi connectivity index (χ1n) is 7.84. The molecule has 0 spiro atoms. The Balaban J connectivity index is 1.94. The zero-order valence-electron chi connectivity index (χ0n) is 13.6. The van der Waals surface area contributed by atoms with Crippen LogP contribution in [0.4, 0.5) is 0 Å². The van der Waals surface area contributed by atoms with E-state index >= 15 is 0 Å². The number of hydrogen-bond donors (Lipinski definition) is 1. The normalized spacial score (nSPS) is 13.2. The maximum absolute atomic E-state index is 11.9. The SMILES string of the molecule is CC[C@H](C)[C@H](N)C(=O)OCc1cccc(Oc2ccccc2)c1. The van der Waals surface area contributed by atoms with Gasteiger partial charge in [-0.1, -0.05) is 50.6 Å². The van der Waals surface area contributed by atoms with Crippen LogP contribution in [0.25, 0.3) is 0 Å². The standard InChI is InChI=1S/C19H23NO3/c1-3-14(2)18(20)19(21)22-13-15-8-7-11-17(12-15)23-16-9-5-4-6-10-16/h4-12,14,18H,3,13,20H2,1-2H3/t14-,18-/m0/s1. The number of ether oxygens (including phenoxy) is 2. The van der Waals surface area contributed by atoms with Crippen LogP contribution >= 0.6 is 0 Å². The molecule has 2 atom stereocenters. The molecule has 0 aliphatic rings. The number of rotatable bonds is 7. The van der Waals surface area contributed by atoms with Gasteiger partial charge in [0.2, 0.25) is 0 Å². The minimum Gasteiger partial charge on any atom is -0.460 e. The number of para-hydroxylation sites is 1. The molecule has 4 nitrogen and oxygen atoms in total. The molecule has 122 valence electrons. The van der Waals surface area contributed by atoms with Crippen molar-refractivity contribution in [2.24, 2.45) is 11.7 Å². The third kappa shape index (κ3) is 5.11. The van der Waals surface area contributed by atoms with Crippen LogP contribution in [-0.4, -0.2) is 12.0 Å². The molecular weight excluding hydrogens is 290 g/mol. The van der Waals surface area contributed by atoms with Gasteiger partial charge in [-0.2, -0.15) is 0 Å². The van der Waals surface area contributed by atoms with Crippen molar-refractivity contribution in [1.82, 2.24) is 0 Å². The number of carbonyl (C=O) groups excluding carboxylic acids is 1. The molecule has 2 aromatic rings. The third-order valence-electron chi connectivity index (χ3n) is 3.79. The molecule has 0 aliphatic heterocycles. The molecule has 0 unspecified atom stereocenters. The van der Waals surface area contributed by atoms with Crippen LogP contribution < -0.4 is 10.5 Å². The van der Waals surface area contributed by atoms with Gasteiger partial charge in [-0.25, -0.2) is 0 Å². The minimum atomic E-state index is -0.580. The summed E-state index contributed by atoms with van der Waals surface area (Å²) >= 11 is 0. The summed E-state index contributed by atoms with van der Waals surface area (Å²) in [7, 11) is 0. The summed E-state index contributed by atoms with van der Waals surface area (Å²) in [4.78, 5) is 11.9. The molecule has 0 aromatic heterocycles. The largest absolute Gasteiger partial charge is 0.460 e. The van der Waals surface area contributed by atoms with Crippen molar-refractivity contribution < 1.29 is 14.3 Å². The van der Waals surface area contributed by atoms with Crippen molar-refractivity contribution in [3.05, 3.63) is 60.2 Å². The van der Waals surface area contributed by atoms with Crippen molar-refractivity contribution in [2.45, 2.75) is 32.9 Å². The maximum atomic E-state index is 11.9. The van der Waals surface area contributed by atoms with Gasteiger partial charge in [-0.05, 0) is 35.7 Å². The van der Waals surface area contributed by atoms with E-state index in [9.17, 15) is 4.79 Å². The van der Waals surface area contributed by atoms with E-state index in [1.165, 1.54) is 0 Å². The summed E-state index contributed by atoms with van der Waals surface area (Å²) < 4.78 is 11.1. The van der Waals surface area contributed by atoms with Gasteiger partial charge in [0.1, 0.15) is 24.1 Å². The monoisotopic (exact) mass is 313 g/mol. The van der Waals surface area contributed by atoms with E-state index in [-0.39, 0.29) is 18.5 Å². The number of carbonyl (C=O) groups is 1. The first kappa shape index (κ1) is 17.0. The van der Waals surface area contributed by atoms with Crippen molar-refractivity contribution >= 4 is 5.97 Å². The van der Waals surface area contributed by atoms with Gasteiger partial charge in [0.05, 0.1) is 0 Å². The fourth-order valence-electron chi connectivity index (χ4n) is 2.06. The highest BCUT2D eigenvalue weighted by Crippen LogP contribution is 2.22. The van der Waals surface area contributed by atoms with Gasteiger partial charge < -0.3 is 15.2 Å². The second-order valence-electron chi connectivity index (χ2n) is 5.58. The molecule has 0 bridgehead atoms. The second kappa shape index (κ2) is 8.34. The average Bonchev–Trinajstić information content (AvgIpc) is 2.59. The van der Waals surface area contributed by atoms with E-state index in [0.717, 1.165) is 17.7 Å². The van der Waals surface area contributed by atoms with Crippen LogP contribution in [0.15, 0.2) is 54.6 Å². The molecule has 2 aromatic carbocycles. The third-order valence-corrected chi connectivity index (χ3v) is 3.79. The molecular formula is C19H23NO3. The van der Waals surface area contributed by atoms with Gasteiger partial charge >= 0.3 is 5.97 Å². The number of benzene rings is 2. The number of hydrogen-bond acceptors (Lipinski definition) is 4. The Hall–Kier alpha value is -2.33. The Kier molecular flexibility index (Phi) is 6.18. The van der Waals surface area contributed by atoms with Crippen LogP contribution in [0.1, 0.15) is 25.8 Å². The molecule has 2 N–H and O–H groups in total. The van der Waals surface area contributed by atoms with Crippen LogP contribution in [-0.2, 0) is 16.1 Å². The number of nitrogens with two attached hydrogens (primary N) is 1. The second-order valence-corrected chi connectivity index (χ2v) is 5.58. The summed E-state index contributed by atoms with van der Waals surface area (Å²) in [6.07, 6.45) is 0.844. The molecule has 0 aliphatic carbocycles. The molecule has 0 radical (unpaired) electrons. The van der Waals surface area contributed by atoms with Gasteiger partial charge in [-0.15, -0.1) is 0 Å². The fourth-order valence-corrected chi connectivity index (χ4v) is 2.06. The highest BCUT2D eigenvalue weighted by Gasteiger charge is 2.20. The van der Waals surface area contributed by atoms with Crippen molar-refractivity contribution in [2.75, 3.05) is 0 Å². The fraction of sp³-hybridized carbons (Fsp3) is 0.316. The van der Waals surface area contributed by atoms with Crippen LogP contribution in [0.5, 0.6) is 11.5 Å². The van der Waals surface area contributed by atoms with Crippen molar-refractivity contribution in [3.63, 3.8) is 0 Å². The zero-order chi connectivity index (χ0) is 16.7. The lowest BCUT2D eigenvalue weighted by atomic mass is 10.0. The number of esters is 1. The van der Waals surface area contributed by atoms with Crippen LogP contribution in [0, 0.1) is 5.92 Å². The first-order chi connectivity index (χ1) is 11.1.